The van der Waals surface area contributed by atoms with Crippen LogP contribution in [-0.2, 0) is 5.41 Å². The average molecular weight is 588 g/mol. The van der Waals surface area contributed by atoms with Gasteiger partial charge in [-0.3, -0.25) is 0 Å². The van der Waals surface area contributed by atoms with Crippen molar-refractivity contribution in [2.75, 3.05) is 4.90 Å². The molecule has 0 spiro atoms. The summed E-state index contributed by atoms with van der Waals surface area (Å²) in [4.78, 5) is 2.52. The molecule has 46 heavy (non-hydrogen) atoms. The SMILES string of the molecule is CC1(C)c2ccccc2N2c3c(cccc31)B1c3c(cc4c(oc5ccccc54)c32)-c2cccc3c4c5ccccc5oc4n1c23. The Balaban J connectivity index is 1.36. The molecule has 0 radical (unpaired) electrons. The number of benzene rings is 6. The molecule has 0 saturated carbocycles. The van der Waals surface area contributed by atoms with Gasteiger partial charge in [-0.15, -0.1) is 0 Å². The molecule has 0 unspecified atom stereocenters. The molecule has 0 fully saturated rings. The first-order valence-corrected chi connectivity index (χ1v) is 16.1. The van der Waals surface area contributed by atoms with Crippen molar-refractivity contribution in [1.29, 1.82) is 0 Å². The summed E-state index contributed by atoms with van der Waals surface area (Å²) >= 11 is 0. The van der Waals surface area contributed by atoms with Crippen LogP contribution in [0.2, 0.25) is 0 Å². The van der Waals surface area contributed by atoms with Crippen LogP contribution in [0.15, 0.2) is 124 Å². The minimum Gasteiger partial charge on any atom is -0.454 e. The summed E-state index contributed by atoms with van der Waals surface area (Å²) in [5.41, 5.74) is 16.1. The molecule has 0 bridgehead atoms. The Morgan fingerprint density at radius 2 is 1.33 bits per heavy atom. The molecule has 3 aliphatic rings. The molecule has 0 N–H and O–H groups in total. The molecule has 214 valence electrons. The van der Waals surface area contributed by atoms with Gasteiger partial charge in [0.2, 0.25) is 0 Å². The highest BCUT2D eigenvalue weighted by molar-refractivity contribution is 6.90. The van der Waals surface area contributed by atoms with Gasteiger partial charge in [-0.2, -0.15) is 0 Å². The van der Waals surface area contributed by atoms with Crippen LogP contribution in [0.1, 0.15) is 25.0 Å². The van der Waals surface area contributed by atoms with Crippen molar-refractivity contribution in [1.82, 2.24) is 4.48 Å². The van der Waals surface area contributed by atoms with E-state index in [0.29, 0.717) is 0 Å². The van der Waals surface area contributed by atoms with Gasteiger partial charge < -0.3 is 18.2 Å². The van der Waals surface area contributed by atoms with Crippen LogP contribution < -0.4 is 15.8 Å². The first-order chi connectivity index (χ1) is 22.6. The second-order valence-electron chi connectivity index (χ2n) is 13.6. The van der Waals surface area contributed by atoms with Gasteiger partial charge in [-0.1, -0.05) is 105 Å². The highest BCUT2D eigenvalue weighted by Crippen LogP contribution is 2.56. The van der Waals surface area contributed by atoms with E-state index in [4.69, 9.17) is 8.83 Å². The minimum atomic E-state index is -0.187. The Morgan fingerprint density at radius 3 is 2.22 bits per heavy atom. The van der Waals surface area contributed by atoms with Gasteiger partial charge in [0.15, 0.2) is 11.3 Å². The molecule has 0 atom stereocenters. The van der Waals surface area contributed by atoms with Crippen LogP contribution in [0.5, 0.6) is 0 Å². The number of furan rings is 2. The number of anilines is 3. The van der Waals surface area contributed by atoms with Gasteiger partial charge in [0.1, 0.15) is 11.2 Å². The molecule has 6 heterocycles. The number of hydrogen-bond donors (Lipinski definition) is 0. The Labute approximate surface area is 264 Å². The molecule has 12 rings (SSSR count). The topological polar surface area (TPSA) is 34.5 Å². The normalized spacial score (nSPS) is 15.3. The van der Waals surface area contributed by atoms with E-state index in [0.717, 1.165) is 44.3 Å². The number of rotatable bonds is 0. The third-order valence-electron chi connectivity index (χ3n) is 11.1. The van der Waals surface area contributed by atoms with Crippen molar-refractivity contribution >= 4 is 89.7 Å². The third kappa shape index (κ3) is 2.46. The average Bonchev–Trinajstić information content (AvgIpc) is 3.75. The van der Waals surface area contributed by atoms with Crippen LogP contribution in [-0.4, -0.2) is 11.3 Å². The number of para-hydroxylation sites is 5. The second kappa shape index (κ2) is 7.57. The molecule has 6 aromatic carbocycles. The molecule has 0 amide bonds. The summed E-state index contributed by atoms with van der Waals surface area (Å²) in [6, 6.07) is 41.9. The van der Waals surface area contributed by atoms with Crippen LogP contribution in [0, 0.1) is 0 Å². The summed E-state index contributed by atoms with van der Waals surface area (Å²) in [7, 11) is 0. The lowest BCUT2D eigenvalue weighted by molar-refractivity contribution is 0.631. The van der Waals surface area contributed by atoms with Gasteiger partial charge in [-0.05, 0) is 51.9 Å². The van der Waals surface area contributed by atoms with Crippen molar-refractivity contribution in [3.05, 3.63) is 126 Å². The van der Waals surface area contributed by atoms with Gasteiger partial charge in [0, 0.05) is 43.7 Å². The Bertz CT molecular complexity index is 2870. The van der Waals surface area contributed by atoms with Crippen molar-refractivity contribution in [3.63, 3.8) is 0 Å². The van der Waals surface area contributed by atoms with E-state index in [1.165, 1.54) is 60.8 Å². The van der Waals surface area contributed by atoms with Gasteiger partial charge in [0.05, 0.1) is 16.8 Å². The first-order valence-electron chi connectivity index (χ1n) is 16.1. The maximum atomic E-state index is 6.90. The van der Waals surface area contributed by atoms with E-state index < -0.39 is 0 Å². The maximum absolute atomic E-state index is 6.90. The molecule has 3 aliphatic heterocycles. The zero-order valence-electron chi connectivity index (χ0n) is 25.3. The minimum absolute atomic E-state index is 0.0923. The van der Waals surface area contributed by atoms with Gasteiger partial charge >= 0.3 is 6.85 Å². The van der Waals surface area contributed by atoms with Crippen molar-refractivity contribution in [3.8, 4) is 11.1 Å². The third-order valence-corrected chi connectivity index (χ3v) is 11.1. The van der Waals surface area contributed by atoms with E-state index in [9.17, 15) is 0 Å². The second-order valence-corrected chi connectivity index (χ2v) is 13.6. The van der Waals surface area contributed by atoms with E-state index in [-0.39, 0.29) is 12.3 Å². The molecular weight excluding hydrogens is 563 g/mol. The van der Waals surface area contributed by atoms with E-state index >= 15 is 0 Å². The van der Waals surface area contributed by atoms with Crippen LogP contribution in [0.4, 0.5) is 17.1 Å². The summed E-state index contributed by atoms with van der Waals surface area (Å²) in [6.45, 7) is 4.64. The lowest BCUT2D eigenvalue weighted by Crippen LogP contribution is -2.58. The Kier molecular flexibility index (Phi) is 3.90. The highest BCUT2D eigenvalue weighted by atomic mass is 16.3. The predicted molar refractivity (Wildman–Crippen MR) is 189 cm³/mol. The summed E-state index contributed by atoms with van der Waals surface area (Å²) in [6.07, 6.45) is 0. The van der Waals surface area contributed by atoms with E-state index in [1.54, 1.807) is 0 Å². The zero-order valence-corrected chi connectivity index (χ0v) is 25.3. The van der Waals surface area contributed by atoms with Crippen LogP contribution in [0.3, 0.4) is 0 Å². The fourth-order valence-corrected chi connectivity index (χ4v) is 9.27. The Morgan fingerprint density at radius 1 is 0.609 bits per heavy atom. The van der Waals surface area contributed by atoms with E-state index in [1.807, 2.05) is 0 Å². The molecule has 0 aliphatic carbocycles. The van der Waals surface area contributed by atoms with Crippen molar-refractivity contribution in [2.24, 2.45) is 0 Å². The fourth-order valence-electron chi connectivity index (χ4n) is 9.27. The smallest absolute Gasteiger partial charge is 0.336 e. The number of aromatic nitrogens is 1. The van der Waals surface area contributed by atoms with Crippen LogP contribution in [0.25, 0.3) is 66.0 Å². The van der Waals surface area contributed by atoms with Gasteiger partial charge in [0.25, 0.3) is 0 Å². The zero-order chi connectivity index (χ0) is 30.1. The molecular formula is C41H25BN2O2. The van der Waals surface area contributed by atoms with Crippen LogP contribution >= 0.6 is 0 Å². The lowest BCUT2D eigenvalue weighted by Gasteiger charge is -2.47. The largest absolute Gasteiger partial charge is 0.454 e. The lowest BCUT2D eigenvalue weighted by atomic mass is 9.44. The van der Waals surface area contributed by atoms with E-state index in [2.05, 4.69) is 138 Å². The number of nitrogens with zero attached hydrogens (tertiary/aromatic N) is 2. The summed E-state index contributed by atoms with van der Waals surface area (Å²) < 4.78 is 16.2. The van der Waals surface area contributed by atoms with Gasteiger partial charge in [-0.25, -0.2) is 0 Å². The summed E-state index contributed by atoms with van der Waals surface area (Å²) in [5.74, 6) is 0. The Hall–Kier alpha value is -5.68. The molecule has 0 saturated heterocycles. The van der Waals surface area contributed by atoms with Crippen molar-refractivity contribution < 1.29 is 8.83 Å². The molecule has 3 aromatic heterocycles. The molecule has 9 aromatic rings. The molecule has 5 heteroatoms. The quantitative estimate of drug-likeness (QED) is 0.166. The highest BCUT2D eigenvalue weighted by Gasteiger charge is 2.49. The summed E-state index contributed by atoms with van der Waals surface area (Å²) in [5, 5.41) is 5.88. The maximum Gasteiger partial charge on any atom is 0.336 e. The first kappa shape index (κ1) is 23.7. The molecule has 4 nitrogen and oxygen atoms in total. The van der Waals surface area contributed by atoms with Crippen molar-refractivity contribution in [2.45, 2.75) is 19.3 Å². The fraction of sp³-hybridized carbons (Fsp3) is 0.0732. The predicted octanol–water partition coefficient (Wildman–Crippen LogP) is 9.50. The number of fused-ring (bicyclic) bond motifs is 15. The number of hydrogen-bond acceptors (Lipinski definition) is 3. The standard InChI is InChI=1S/C41H25BN2O2/c1-41(2)28-15-5-6-18-31(28)43-37-29(41)16-10-17-30(37)42-35-26(21-27-22-11-3-7-19-32(22)45-39(27)38(35)43)23-13-9-14-25-34-24-12-4-8-20-33(24)46-40(34)44(42)36(23)25/h3-21H,1-2H3. The monoisotopic (exact) mass is 588 g/mol.